The van der Waals surface area contributed by atoms with Crippen LogP contribution in [0.5, 0.6) is 0 Å². The second-order valence-electron chi connectivity index (χ2n) is 5.31. The summed E-state index contributed by atoms with van der Waals surface area (Å²) < 4.78 is 1.80. The molecule has 1 saturated carbocycles. The molecule has 0 radical (unpaired) electrons. The molecule has 0 saturated heterocycles. The molecule has 4 heteroatoms. The van der Waals surface area contributed by atoms with Crippen molar-refractivity contribution in [2.24, 2.45) is 13.0 Å². The normalized spacial score (nSPS) is 20.7. The fourth-order valence-electron chi connectivity index (χ4n) is 2.74. The first kappa shape index (κ1) is 12.9. The maximum absolute atomic E-state index is 12.6. The van der Waals surface area contributed by atoms with Crippen LogP contribution in [0.3, 0.4) is 0 Å². The van der Waals surface area contributed by atoms with Crippen molar-refractivity contribution in [1.82, 2.24) is 9.78 Å². The monoisotopic (exact) mass is 269 g/mol. The number of carbonyl (C=O) groups is 1. The van der Waals surface area contributed by atoms with Crippen molar-refractivity contribution in [2.45, 2.75) is 19.3 Å². The van der Waals surface area contributed by atoms with Gasteiger partial charge in [0.25, 0.3) is 0 Å². The van der Waals surface area contributed by atoms with Crippen molar-refractivity contribution in [1.29, 1.82) is 0 Å². The minimum Gasteiger partial charge on any atom is -0.312 e. The number of benzene rings is 1. The highest BCUT2D eigenvalue weighted by molar-refractivity contribution is 5.97. The molecule has 1 aromatic heterocycles. The Morgan fingerprint density at radius 1 is 1.40 bits per heavy atom. The third-order valence-corrected chi connectivity index (χ3v) is 3.91. The summed E-state index contributed by atoms with van der Waals surface area (Å²) in [5.74, 6) is 0.681. The smallest absolute Gasteiger partial charge is 0.230 e. The van der Waals surface area contributed by atoms with Crippen molar-refractivity contribution >= 4 is 11.6 Å². The zero-order chi connectivity index (χ0) is 14.1. The van der Waals surface area contributed by atoms with Gasteiger partial charge in [0, 0.05) is 31.4 Å². The van der Waals surface area contributed by atoms with Crippen LogP contribution in [0.25, 0.3) is 0 Å². The van der Waals surface area contributed by atoms with E-state index in [0.717, 1.165) is 12.1 Å². The Morgan fingerprint density at radius 3 is 2.75 bits per heavy atom. The van der Waals surface area contributed by atoms with Gasteiger partial charge in [0.05, 0.1) is 6.20 Å². The van der Waals surface area contributed by atoms with Crippen LogP contribution in [0.15, 0.2) is 42.7 Å². The highest BCUT2D eigenvalue weighted by Gasteiger charge is 2.46. The highest BCUT2D eigenvalue weighted by Crippen LogP contribution is 2.48. The van der Waals surface area contributed by atoms with E-state index in [9.17, 15) is 4.79 Å². The number of aromatic nitrogens is 2. The number of nitrogens with zero attached hydrogens (tertiary/aromatic N) is 3. The molecule has 3 rings (SSSR count). The summed E-state index contributed by atoms with van der Waals surface area (Å²) in [6.07, 6.45) is 4.82. The number of amides is 1. The van der Waals surface area contributed by atoms with Crippen LogP contribution in [0, 0.1) is 5.92 Å². The molecule has 2 aromatic rings. The molecule has 0 N–H and O–H groups in total. The van der Waals surface area contributed by atoms with E-state index in [2.05, 4.69) is 5.10 Å². The summed E-state index contributed by atoms with van der Waals surface area (Å²) >= 11 is 0. The molecule has 104 valence electrons. The van der Waals surface area contributed by atoms with Gasteiger partial charge in [-0.05, 0) is 37.0 Å². The van der Waals surface area contributed by atoms with Crippen molar-refractivity contribution in [3.05, 3.63) is 48.3 Å². The third kappa shape index (κ3) is 2.33. The lowest BCUT2D eigenvalue weighted by atomic mass is 10.1. The molecule has 0 aliphatic heterocycles. The molecule has 1 fully saturated rings. The van der Waals surface area contributed by atoms with Gasteiger partial charge in [-0.2, -0.15) is 5.10 Å². The first-order valence-electron chi connectivity index (χ1n) is 7.05. The van der Waals surface area contributed by atoms with Gasteiger partial charge >= 0.3 is 0 Å². The number of hydrogen-bond acceptors (Lipinski definition) is 2. The van der Waals surface area contributed by atoms with Crippen LogP contribution in [0.4, 0.5) is 5.69 Å². The zero-order valence-corrected chi connectivity index (χ0v) is 11.9. The first-order valence-corrected chi connectivity index (χ1v) is 7.05. The number of carbonyl (C=O) groups excluding carboxylic acids is 1. The number of rotatable bonds is 4. The van der Waals surface area contributed by atoms with Gasteiger partial charge in [0.2, 0.25) is 5.91 Å². The largest absolute Gasteiger partial charge is 0.312 e. The lowest BCUT2D eigenvalue weighted by Crippen LogP contribution is -2.32. The Balaban J connectivity index is 1.73. The molecule has 0 spiro atoms. The second kappa shape index (κ2) is 5.12. The predicted octanol–water partition coefficient (Wildman–Crippen LogP) is 2.58. The summed E-state index contributed by atoms with van der Waals surface area (Å²) in [6.45, 7) is 2.73. The van der Waals surface area contributed by atoms with Crippen molar-refractivity contribution < 1.29 is 4.79 Å². The summed E-state index contributed by atoms with van der Waals surface area (Å²) in [5, 5.41) is 4.19. The minimum absolute atomic E-state index is 0.111. The molecule has 20 heavy (non-hydrogen) atoms. The average molecular weight is 269 g/mol. The van der Waals surface area contributed by atoms with Gasteiger partial charge in [-0.15, -0.1) is 0 Å². The minimum atomic E-state index is 0.111. The van der Waals surface area contributed by atoms with E-state index < -0.39 is 0 Å². The van der Waals surface area contributed by atoms with Gasteiger partial charge < -0.3 is 4.90 Å². The topological polar surface area (TPSA) is 38.1 Å². The van der Waals surface area contributed by atoms with Crippen LogP contribution < -0.4 is 4.90 Å². The maximum Gasteiger partial charge on any atom is 0.230 e. The van der Waals surface area contributed by atoms with Gasteiger partial charge in [0.1, 0.15) is 0 Å². The number of anilines is 1. The van der Waals surface area contributed by atoms with Gasteiger partial charge in [-0.25, -0.2) is 0 Å². The molecule has 1 aliphatic rings. The second-order valence-corrected chi connectivity index (χ2v) is 5.31. The Labute approximate surface area is 119 Å². The standard InChI is InChI=1S/C16H19N3O/c1-3-19(13-7-5-4-6-8-13)16(20)15-9-14(15)12-10-17-18(2)11-12/h4-8,10-11,14-15H,3,9H2,1-2H3/t14-,15+/m0/s1. The maximum atomic E-state index is 12.6. The molecule has 1 aromatic carbocycles. The molecule has 0 bridgehead atoms. The van der Waals surface area contributed by atoms with Gasteiger partial charge in [-0.1, -0.05) is 18.2 Å². The molecule has 0 unspecified atom stereocenters. The van der Waals surface area contributed by atoms with E-state index in [1.807, 2.05) is 61.6 Å². The fourth-order valence-corrected chi connectivity index (χ4v) is 2.74. The van der Waals surface area contributed by atoms with E-state index in [0.29, 0.717) is 12.5 Å². The molecule has 1 heterocycles. The molecule has 1 aliphatic carbocycles. The van der Waals surface area contributed by atoms with Crippen LogP contribution in [0.2, 0.25) is 0 Å². The number of hydrogen-bond donors (Lipinski definition) is 0. The SMILES string of the molecule is CCN(C(=O)[C@@H]1C[C@H]1c1cnn(C)c1)c1ccccc1. The fraction of sp³-hybridized carbons (Fsp3) is 0.375. The highest BCUT2D eigenvalue weighted by atomic mass is 16.2. The molecular formula is C16H19N3O. The van der Waals surface area contributed by atoms with E-state index in [1.54, 1.807) is 4.68 Å². The van der Waals surface area contributed by atoms with Crippen LogP contribution in [-0.4, -0.2) is 22.2 Å². The molecule has 1 amide bonds. The van der Waals surface area contributed by atoms with Crippen molar-refractivity contribution in [3.8, 4) is 0 Å². The quantitative estimate of drug-likeness (QED) is 0.855. The lowest BCUT2D eigenvalue weighted by molar-refractivity contribution is -0.119. The third-order valence-electron chi connectivity index (χ3n) is 3.91. The summed E-state index contributed by atoms with van der Waals surface area (Å²) in [4.78, 5) is 14.5. The Bertz CT molecular complexity index is 605. The van der Waals surface area contributed by atoms with E-state index in [-0.39, 0.29) is 11.8 Å². The van der Waals surface area contributed by atoms with Crippen molar-refractivity contribution in [3.63, 3.8) is 0 Å². The molecular weight excluding hydrogens is 250 g/mol. The number of aryl methyl sites for hydroxylation is 1. The first-order chi connectivity index (χ1) is 9.70. The molecule has 2 atom stereocenters. The number of para-hydroxylation sites is 1. The van der Waals surface area contributed by atoms with Crippen LogP contribution >= 0.6 is 0 Å². The Morgan fingerprint density at radius 2 is 2.15 bits per heavy atom. The predicted molar refractivity (Wildman–Crippen MR) is 78.5 cm³/mol. The van der Waals surface area contributed by atoms with Crippen molar-refractivity contribution in [2.75, 3.05) is 11.4 Å². The van der Waals surface area contributed by atoms with Crippen LogP contribution in [-0.2, 0) is 11.8 Å². The van der Waals surface area contributed by atoms with Gasteiger partial charge in [-0.3, -0.25) is 9.48 Å². The van der Waals surface area contributed by atoms with E-state index >= 15 is 0 Å². The molecule has 4 nitrogen and oxygen atoms in total. The van der Waals surface area contributed by atoms with Gasteiger partial charge in [0.15, 0.2) is 0 Å². The van der Waals surface area contributed by atoms with E-state index in [1.165, 1.54) is 5.56 Å². The Hall–Kier alpha value is -2.10. The van der Waals surface area contributed by atoms with Crippen LogP contribution in [0.1, 0.15) is 24.8 Å². The summed E-state index contributed by atoms with van der Waals surface area (Å²) in [5.41, 5.74) is 2.16. The Kier molecular flexibility index (Phi) is 3.30. The average Bonchev–Trinajstić information content (AvgIpc) is 3.16. The zero-order valence-electron chi connectivity index (χ0n) is 11.9. The summed E-state index contributed by atoms with van der Waals surface area (Å²) in [6, 6.07) is 9.89. The van der Waals surface area contributed by atoms with E-state index in [4.69, 9.17) is 0 Å². The lowest BCUT2D eigenvalue weighted by Gasteiger charge is -2.21. The summed E-state index contributed by atoms with van der Waals surface area (Å²) in [7, 11) is 1.91.